The molecule has 0 spiro atoms. The predicted molar refractivity (Wildman–Crippen MR) is 52.3 cm³/mol. The molecule has 0 amide bonds. The van der Waals surface area contributed by atoms with E-state index in [9.17, 15) is 0 Å². The minimum absolute atomic E-state index is 0.318. The zero-order chi connectivity index (χ0) is 9.42. The fraction of sp³-hybridized carbons (Fsp3) is 0. The van der Waals surface area contributed by atoms with Gasteiger partial charge in [-0.1, -0.05) is 0 Å². The molecule has 0 aromatic carbocycles. The van der Waals surface area contributed by atoms with E-state index >= 15 is 0 Å². The summed E-state index contributed by atoms with van der Waals surface area (Å²) in [5, 5.41) is 0.573. The standard InChI is InChI=1S/C7H4BrN5/c1-10-4-3-6(9)11-2-12-7(3)13-5(4)8/h2H,(H3,9,11,12,13). The van der Waals surface area contributed by atoms with Gasteiger partial charge in [-0.15, -0.1) is 0 Å². The maximum absolute atomic E-state index is 6.94. The number of hydrogen-bond acceptors (Lipinski definition) is 3. The van der Waals surface area contributed by atoms with Gasteiger partial charge < -0.3 is 10.7 Å². The van der Waals surface area contributed by atoms with Gasteiger partial charge >= 0.3 is 0 Å². The lowest BCUT2D eigenvalue weighted by molar-refractivity contribution is 1.20. The zero-order valence-electron chi connectivity index (χ0n) is 6.37. The fourth-order valence-corrected chi connectivity index (χ4v) is 1.58. The molecule has 0 unspecified atom stereocenters. The Bertz CT molecular complexity index is 509. The number of nitrogens with zero attached hydrogens (tertiary/aromatic N) is 3. The molecule has 64 valence electrons. The second kappa shape index (κ2) is 2.71. The highest BCUT2D eigenvalue weighted by Crippen LogP contribution is 2.35. The minimum Gasteiger partial charge on any atom is -0.384 e. The van der Waals surface area contributed by atoms with Gasteiger partial charge in [0.25, 0.3) is 0 Å². The third kappa shape index (κ3) is 1.05. The molecule has 0 aliphatic rings. The molecule has 6 heteroatoms. The number of aromatic amines is 1. The number of nitrogens with two attached hydrogens (primary N) is 1. The molecule has 0 radical (unpaired) electrons. The summed E-state index contributed by atoms with van der Waals surface area (Å²) in [4.78, 5) is 14.0. The monoisotopic (exact) mass is 237 g/mol. The number of aromatic nitrogens is 3. The van der Waals surface area contributed by atoms with Crippen molar-refractivity contribution < 1.29 is 0 Å². The topological polar surface area (TPSA) is 72.0 Å². The van der Waals surface area contributed by atoms with Crippen molar-refractivity contribution in [1.29, 1.82) is 0 Å². The molecule has 0 saturated carbocycles. The first kappa shape index (κ1) is 8.01. The average molecular weight is 238 g/mol. The summed E-state index contributed by atoms with van der Waals surface area (Å²) in [7, 11) is 0. The van der Waals surface area contributed by atoms with Crippen LogP contribution in [-0.2, 0) is 0 Å². The molecule has 2 aromatic heterocycles. The lowest BCUT2D eigenvalue weighted by atomic mass is 10.3. The highest BCUT2D eigenvalue weighted by Gasteiger charge is 2.13. The zero-order valence-corrected chi connectivity index (χ0v) is 7.96. The number of nitrogen functional groups attached to an aromatic ring is 1. The molecule has 2 rings (SSSR count). The Morgan fingerprint density at radius 1 is 1.54 bits per heavy atom. The van der Waals surface area contributed by atoms with Crippen molar-refractivity contribution in [2.45, 2.75) is 0 Å². The SMILES string of the molecule is [C-]#[N+]c1c(Br)[nH]c2ncnc(N)c12. The number of nitrogens with one attached hydrogen (secondary N) is 1. The van der Waals surface area contributed by atoms with Crippen LogP contribution in [0, 0.1) is 6.57 Å². The molecule has 13 heavy (non-hydrogen) atoms. The Kier molecular flexibility index (Phi) is 1.67. The van der Waals surface area contributed by atoms with Gasteiger partial charge in [0.15, 0.2) is 0 Å². The van der Waals surface area contributed by atoms with Crippen LogP contribution in [0.2, 0.25) is 0 Å². The molecule has 0 fully saturated rings. The van der Waals surface area contributed by atoms with E-state index in [4.69, 9.17) is 12.3 Å². The lowest BCUT2D eigenvalue weighted by Crippen LogP contribution is -1.90. The second-order valence-electron chi connectivity index (χ2n) is 2.38. The summed E-state index contributed by atoms with van der Waals surface area (Å²) >= 11 is 3.21. The second-order valence-corrected chi connectivity index (χ2v) is 3.17. The van der Waals surface area contributed by atoms with Gasteiger partial charge in [0, 0.05) is 0 Å². The minimum atomic E-state index is 0.318. The van der Waals surface area contributed by atoms with Crippen LogP contribution in [-0.4, -0.2) is 15.0 Å². The third-order valence-corrected chi connectivity index (χ3v) is 2.24. The van der Waals surface area contributed by atoms with Crippen LogP contribution >= 0.6 is 15.9 Å². The van der Waals surface area contributed by atoms with E-state index in [-0.39, 0.29) is 0 Å². The van der Waals surface area contributed by atoms with E-state index in [0.29, 0.717) is 27.1 Å². The van der Waals surface area contributed by atoms with Crippen molar-refractivity contribution in [2.24, 2.45) is 0 Å². The van der Waals surface area contributed by atoms with Crippen LogP contribution in [0.1, 0.15) is 0 Å². The predicted octanol–water partition coefficient (Wildman–Crippen LogP) is 1.85. The van der Waals surface area contributed by atoms with Crippen molar-refractivity contribution in [3.63, 3.8) is 0 Å². The van der Waals surface area contributed by atoms with Gasteiger partial charge in [-0.3, -0.25) is 0 Å². The Morgan fingerprint density at radius 2 is 2.31 bits per heavy atom. The normalized spacial score (nSPS) is 10.2. The molecular weight excluding hydrogens is 234 g/mol. The van der Waals surface area contributed by atoms with E-state index in [1.54, 1.807) is 0 Å². The number of H-pyrrole nitrogens is 1. The summed E-state index contributed by atoms with van der Waals surface area (Å²) in [6.07, 6.45) is 1.36. The molecule has 2 heterocycles. The van der Waals surface area contributed by atoms with Gasteiger partial charge in [0.1, 0.15) is 17.8 Å². The Hall–Kier alpha value is -1.61. The van der Waals surface area contributed by atoms with E-state index in [1.165, 1.54) is 6.33 Å². The van der Waals surface area contributed by atoms with Crippen molar-refractivity contribution in [2.75, 3.05) is 5.73 Å². The maximum Gasteiger partial charge on any atom is 0.231 e. The van der Waals surface area contributed by atoms with Crippen molar-refractivity contribution in [3.8, 4) is 0 Å². The van der Waals surface area contributed by atoms with Crippen LogP contribution < -0.4 is 5.73 Å². The summed E-state index contributed by atoms with van der Waals surface area (Å²) < 4.78 is 0.588. The molecule has 0 saturated heterocycles. The van der Waals surface area contributed by atoms with Crippen LogP contribution in [0.25, 0.3) is 15.9 Å². The smallest absolute Gasteiger partial charge is 0.231 e. The first-order valence-electron chi connectivity index (χ1n) is 3.39. The Labute approximate surface area is 81.9 Å². The van der Waals surface area contributed by atoms with E-state index in [2.05, 4.69) is 35.7 Å². The summed E-state index contributed by atoms with van der Waals surface area (Å²) in [6, 6.07) is 0. The third-order valence-electron chi connectivity index (χ3n) is 1.66. The number of anilines is 1. The van der Waals surface area contributed by atoms with Gasteiger partial charge in [0.05, 0.1) is 16.6 Å². The highest BCUT2D eigenvalue weighted by atomic mass is 79.9. The molecule has 0 atom stereocenters. The van der Waals surface area contributed by atoms with Crippen LogP contribution in [0.3, 0.4) is 0 Å². The molecule has 5 nitrogen and oxygen atoms in total. The molecule has 0 bridgehead atoms. The van der Waals surface area contributed by atoms with Crippen molar-refractivity contribution >= 4 is 38.5 Å². The average Bonchev–Trinajstić information content (AvgIpc) is 2.42. The van der Waals surface area contributed by atoms with Crippen molar-refractivity contribution in [1.82, 2.24) is 15.0 Å². The van der Waals surface area contributed by atoms with E-state index < -0.39 is 0 Å². The molecule has 3 N–H and O–H groups in total. The maximum atomic E-state index is 6.94. The molecular formula is C7H4BrN5. The fourth-order valence-electron chi connectivity index (χ4n) is 1.11. The quantitative estimate of drug-likeness (QED) is 0.688. The lowest BCUT2D eigenvalue weighted by Gasteiger charge is -1.92. The molecule has 0 aliphatic heterocycles. The highest BCUT2D eigenvalue weighted by molar-refractivity contribution is 9.10. The van der Waals surface area contributed by atoms with Crippen LogP contribution in [0.5, 0.6) is 0 Å². The summed E-state index contributed by atoms with van der Waals surface area (Å²) in [5.41, 5.74) is 6.61. The number of rotatable bonds is 0. The van der Waals surface area contributed by atoms with Crippen molar-refractivity contribution in [3.05, 3.63) is 22.3 Å². The van der Waals surface area contributed by atoms with E-state index in [1.807, 2.05) is 0 Å². The van der Waals surface area contributed by atoms with E-state index in [0.717, 1.165) is 0 Å². The molecule has 2 aromatic rings. The van der Waals surface area contributed by atoms with Gasteiger partial charge in [-0.25, -0.2) is 14.8 Å². The largest absolute Gasteiger partial charge is 0.384 e. The number of halogens is 1. The first-order chi connectivity index (χ1) is 6.24. The molecule has 0 aliphatic carbocycles. The van der Waals surface area contributed by atoms with Crippen LogP contribution in [0.15, 0.2) is 10.9 Å². The Balaban J connectivity index is 2.99. The first-order valence-corrected chi connectivity index (χ1v) is 4.18. The van der Waals surface area contributed by atoms with Gasteiger partial charge in [0.2, 0.25) is 5.69 Å². The van der Waals surface area contributed by atoms with Gasteiger partial charge in [-0.2, -0.15) is 0 Å². The number of fused-ring (bicyclic) bond motifs is 1. The summed E-state index contributed by atoms with van der Waals surface area (Å²) in [5.74, 6) is 0.318. The number of hydrogen-bond donors (Lipinski definition) is 2. The summed E-state index contributed by atoms with van der Waals surface area (Å²) in [6.45, 7) is 6.94. The van der Waals surface area contributed by atoms with Crippen LogP contribution in [0.4, 0.5) is 11.5 Å². The van der Waals surface area contributed by atoms with Gasteiger partial charge in [-0.05, 0) is 15.9 Å². The Morgan fingerprint density at radius 3 is 3.00 bits per heavy atom.